The molecule has 0 spiro atoms. The minimum atomic E-state index is -0.0930. The lowest BCUT2D eigenvalue weighted by atomic mass is 11.0. The zero-order chi connectivity index (χ0) is 4.83. The van der Waals surface area contributed by atoms with Gasteiger partial charge in [0.2, 0.25) is 0 Å². The lowest BCUT2D eigenvalue weighted by molar-refractivity contribution is 0.663. The van der Waals surface area contributed by atoms with Crippen molar-refractivity contribution in [1.29, 1.82) is 0 Å². The first kappa shape index (κ1) is 6.74. The molecule has 0 amide bonds. The van der Waals surface area contributed by atoms with Gasteiger partial charge in [0, 0.05) is 0 Å². The van der Waals surface area contributed by atoms with Crippen molar-refractivity contribution in [1.82, 2.24) is 0 Å². The summed E-state index contributed by atoms with van der Waals surface area (Å²) >= 11 is 4.02. The lowest BCUT2D eigenvalue weighted by Crippen LogP contribution is -1.93. The monoisotopic (exact) mass is 138 g/mol. The molecule has 0 fully saturated rings. The molecule has 0 aromatic heterocycles. The van der Waals surface area contributed by atoms with Crippen molar-refractivity contribution >= 4 is 32.9 Å². The Balaban J connectivity index is 2.34. The van der Waals surface area contributed by atoms with Gasteiger partial charge in [-0.25, -0.2) is 0 Å². The van der Waals surface area contributed by atoms with Crippen molar-refractivity contribution in [3.05, 3.63) is 0 Å². The van der Waals surface area contributed by atoms with Crippen molar-refractivity contribution in [3.8, 4) is 0 Å². The van der Waals surface area contributed by atoms with Gasteiger partial charge in [-0.2, -0.15) is 12.6 Å². The Morgan fingerprint density at radius 3 is 2.67 bits per heavy atom. The number of hydrogen-bond donors (Lipinski definition) is 1. The molecule has 0 N–H and O–H groups in total. The second kappa shape index (κ2) is 5.74. The third-order valence-electron chi connectivity index (χ3n) is 0.507. The van der Waals surface area contributed by atoms with Crippen molar-refractivity contribution in [2.45, 2.75) is 6.04 Å². The van der Waals surface area contributed by atoms with Gasteiger partial charge in [0.25, 0.3) is 0 Å². The Labute approximate surface area is 49.4 Å². The van der Waals surface area contributed by atoms with Gasteiger partial charge in [0.05, 0.1) is 0 Å². The SMILES string of the molecule is [SiH3]O[SiH2]CCS. The van der Waals surface area contributed by atoms with E-state index in [1.807, 2.05) is 0 Å². The molecule has 0 atom stereocenters. The molecule has 0 saturated heterocycles. The van der Waals surface area contributed by atoms with E-state index in [2.05, 4.69) is 12.6 Å². The van der Waals surface area contributed by atoms with Crippen LogP contribution in [-0.4, -0.2) is 26.0 Å². The highest BCUT2D eigenvalue weighted by atomic mass is 32.1. The molecule has 0 unspecified atom stereocenters. The van der Waals surface area contributed by atoms with Crippen LogP contribution in [0.4, 0.5) is 0 Å². The molecule has 0 heterocycles. The van der Waals surface area contributed by atoms with Crippen molar-refractivity contribution in [2.24, 2.45) is 0 Å². The number of rotatable bonds is 3. The molecule has 0 aliphatic heterocycles. The fourth-order valence-corrected chi connectivity index (χ4v) is 1.88. The van der Waals surface area contributed by atoms with Crippen molar-refractivity contribution < 1.29 is 4.12 Å². The second-order valence-corrected chi connectivity index (χ2v) is 4.94. The maximum Gasteiger partial charge on any atom is 0.146 e. The first-order chi connectivity index (χ1) is 2.91. The van der Waals surface area contributed by atoms with E-state index in [1.54, 1.807) is 0 Å². The van der Waals surface area contributed by atoms with Gasteiger partial charge in [-0.05, 0) is 11.8 Å². The lowest BCUT2D eigenvalue weighted by Gasteiger charge is -1.88. The summed E-state index contributed by atoms with van der Waals surface area (Å²) < 4.78 is 5.01. The Morgan fingerprint density at radius 2 is 2.50 bits per heavy atom. The minimum Gasteiger partial charge on any atom is -0.468 e. The van der Waals surface area contributed by atoms with E-state index in [0.29, 0.717) is 0 Å². The molecule has 0 bridgehead atoms. The zero-order valence-electron chi connectivity index (χ0n) is 3.98. The zero-order valence-corrected chi connectivity index (χ0v) is 8.29. The molecule has 0 aromatic rings. The summed E-state index contributed by atoms with van der Waals surface area (Å²) in [4.78, 5) is 0. The molecule has 4 heteroatoms. The minimum absolute atomic E-state index is 0.0930. The fourth-order valence-electron chi connectivity index (χ4n) is 0.209. The van der Waals surface area contributed by atoms with Crippen LogP contribution in [0.25, 0.3) is 0 Å². The summed E-state index contributed by atoms with van der Waals surface area (Å²) in [5, 5.41) is 0. The van der Waals surface area contributed by atoms with Gasteiger partial charge in [0.1, 0.15) is 20.2 Å². The summed E-state index contributed by atoms with van der Waals surface area (Å²) in [6, 6.07) is 1.23. The molecule has 0 aliphatic carbocycles. The Kier molecular flexibility index (Phi) is 6.46. The summed E-state index contributed by atoms with van der Waals surface area (Å²) in [5.74, 6) is 1.01. The average Bonchev–Trinajstić information content (AvgIpc) is 1.61. The van der Waals surface area contributed by atoms with Crippen LogP contribution in [0.3, 0.4) is 0 Å². The molecule has 0 aromatic carbocycles. The van der Waals surface area contributed by atoms with Crippen LogP contribution in [0.1, 0.15) is 0 Å². The Bertz CT molecular complexity index is 23.5. The van der Waals surface area contributed by atoms with Gasteiger partial charge in [-0.1, -0.05) is 0 Å². The largest absolute Gasteiger partial charge is 0.468 e. The summed E-state index contributed by atoms with van der Waals surface area (Å²) in [6.45, 7) is 0. The van der Waals surface area contributed by atoms with Crippen molar-refractivity contribution in [2.75, 3.05) is 5.75 Å². The molecule has 1 nitrogen and oxygen atoms in total. The maximum absolute atomic E-state index is 5.01. The van der Waals surface area contributed by atoms with Crippen LogP contribution in [0.15, 0.2) is 0 Å². The van der Waals surface area contributed by atoms with Crippen LogP contribution < -0.4 is 0 Å². The van der Waals surface area contributed by atoms with E-state index in [4.69, 9.17) is 4.12 Å². The molecule has 0 aliphatic rings. The van der Waals surface area contributed by atoms with Crippen LogP contribution in [-0.2, 0) is 4.12 Å². The standard InChI is InChI=1S/C2H10OSSi2/c4-1-2-6-3-5/h4H,1-2,6H2,5H3. The predicted molar refractivity (Wildman–Crippen MR) is 38.2 cm³/mol. The average molecular weight is 138 g/mol. The fraction of sp³-hybridized carbons (Fsp3) is 1.00. The van der Waals surface area contributed by atoms with E-state index < -0.39 is 0 Å². The summed E-state index contributed by atoms with van der Waals surface area (Å²) in [6.07, 6.45) is 0. The second-order valence-electron chi connectivity index (χ2n) is 1.07. The molecule has 38 valence electrons. The first-order valence-electron chi connectivity index (χ1n) is 2.01. The van der Waals surface area contributed by atoms with Gasteiger partial charge in [0.15, 0.2) is 0 Å². The Hall–Kier alpha value is 0.744. The predicted octanol–water partition coefficient (Wildman–Crippen LogP) is -1.28. The van der Waals surface area contributed by atoms with Gasteiger partial charge in [-0.15, -0.1) is 0 Å². The maximum atomic E-state index is 5.01. The third-order valence-corrected chi connectivity index (χ3v) is 3.69. The molecule has 0 radical (unpaired) electrons. The molecular weight excluding hydrogens is 128 g/mol. The van der Waals surface area contributed by atoms with Crippen LogP contribution in [0.2, 0.25) is 6.04 Å². The summed E-state index contributed by atoms with van der Waals surface area (Å²) in [5.41, 5.74) is 0. The Morgan fingerprint density at radius 1 is 1.83 bits per heavy atom. The van der Waals surface area contributed by atoms with E-state index in [9.17, 15) is 0 Å². The van der Waals surface area contributed by atoms with Gasteiger partial charge >= 0.3 is 0 Å². The van der Waals surface area contributed by atoms with Crippen molar-refractivity contribution in [3.63, 3.8) is 0 Å². The van der Waals surface area contributed by atoms with Crippen LogP contribution >= 0.6 is 12.6 Å². The highest BCUT2D eigenvalue weighted by molar-refractivity contribution is 7.80. The van der Waals surface area contributed by atoms with Crippen LogP contribution in [0, 0.1) is 0 Å². The molecule has 0 saturated carbocycles. The normalized spacial score (nSPS) is 11.5. The quantitative estimate of drug-likeness (QED) is 0.290. The molecule has 6 heavy (non-hydrogen) atoms. The highest BCUT2D eigenvalue weighted by Crippen LogP contribution is 1.79. The van der Waals surface area contributed by atoms with E-state index >= 15 is 0 Å². The topological polar surface area (TPSA) is 9.23 Å². The highest BCUT2D eigenvalue weighted by Gasteiger charge is 1.77. The smallest absolute Gasteiger partial charge is 0.146 e. The van der Waals surface area contributed by atoms with E-state index in [-0.39, 0.29) is 9.76 Å². The van der Waals surface area contributed by atoms with E-state index in [1.165, 1.54) is 6.04 Å². The van der Waals surface area contributed by atoms with E-state index in [0.717, 1.165) is 16.2 Å². The number of thiol groups is 1. The molecule has 0 rings (SSSR count). The molecular formula is C2H10OSSi2. The third kappa shape index (κ3) is 4.74. The van der Waals surface area contributed by atoms with Gasteiger partial charge < -0.3 is 4.12 Å². The van der Waals surface area contributed by atoms with Crippen LogP contribution in [0.5, 0.6) is 0 Å². The number of hydrogen-bond acceptors (Lipinski definition) is 2. The first-order valence-corrected chi connectivity index (χ1v) is 5.04. The summed E-state index contributed by atoms with van der Waals surface area (Å²) in [7, 11) is 0.838. The van der Waals surface area contributed by atoms with Gasteiger partial charge in [-0.3, -0.25) is 0 Å².